The molecule has 0 saturated carbocycles. The highest BCUT2D eigenvalue weighted by Crippen LogP contribution is 2.21. The minimum absolute atomic E-state index is 0.207. The van der Waals surface area contributed by atoms with Crippen molar-refractivity contribution in [1.82, 2.24) is 15.2 Å². The maximum absolute atomic E-state index is 11.6. The number of para-hydroxylation sites is 1. The van der Waals surface area contributed by atoms with Crippen LogP contribution < -0.4 is 5.32 Å². The van der Waals surface area contributed by atoms with Gasteiger partial charge in [-0.2, -0.15) is 0 Å². The summed E-state index contributed by atoms with van der Waals surface area (Å²) >= 11 is 1.72. The molecule has 2 heterocycles. The number of fused-ring (bicyclic) bond motifs is 1. The van der Waals surface area contributed by atoms with E-state index in [-0.39, 0.29) is 6.09 Å². The normalized spacial score (nSPS) is 18.3. The van der Waals surface area contributed by atoms with Gasteiger partial charge in [0, 0.05) is 25.7 Å². The van der Waals surface area contributed by atoms with Gasteiger partial charge in [-0.1, -0.05) is 12.1 Å². The van der Waals surface area contributed by atoms with Gasteiger partial charge in [-0.05, 0) is 25.5 Å². The zero-order chi connectivity index (χ0) is 14.7. The van der Waals surface area contributed by atoms with Gasteiger partial charge in [0.2, 0.25) is 0 Å². The van der Waals surface area contributed by atoms with Crippen molar-refractivity contribution in [3.8, 4) is 0 Å². The third-order valence-electron chi connectivity index (χ3n) is 3.59. The van der Waals surface area contributed by atoms with Crippen molar-refractivity contribution in [2.75, 3.05) is 19.7 Å². The number of benzene rings is 1. The molecule has 5 nitrogen and oxygen atoms in total. The Kier molecular flexibility index (Phi) is 4.36. The van der Waals surface area contributed by atoms with Crippen LogP contribution in [-0.2, 0) is 11.3 Å². The van der Waals surface area contributed by atoms with E-state index in [1.54, 1.807) is 16.2 Å². The van der Waals surface area contributed by atoms with Crippen LogP contribution >= 0.6 is 11.3 Å². The van der Waals surface area contributed by atoms with Crippen molar-refractivity contribution >= 4 is 27.6 Å². The Morgan fingerprint density at radius 1 is 1.52 bits per heavy atom. The van der Waals surface area contributed by atoms with E-state index in [4.69, 9.17) is 4.74 Å². The van der Waals surface area contributed by atoms with E-state index in [9.17, 15) is 4.79 Å². The average Bonchev–Trinajstić information content (AvgIpc) is 3.11. The summed E-state index contributed by atoms with van der Waals surface area (Å²) in [7, 11) is 0. The molecule has 1 N–H and O–H groups in total. The first-order valence-electron chi connectivity index (χ1n) is 7.26. The van der Waals surface area contributed by atoms with Crippen LogP contribution in [0.4, 0.5) is 4.79 Å². The molecule has 1 aromatic heterocycles. The van der Waals surface area contributed by atoms with Gasteiger partial charge in [-0.15, -0.1) is 11.3 Å². The largest absolute Gasteiger partial charge is 0.450 e. The number of aromatic nitrogens is 1. The van der Waals surface area contributed by atoms with Crippen LogP contribution in [0.2, 0.25) is 0 Å². The summed E-state index contributed by atoms with van der Waals surface area (Å²) in [5.41, 5.74) is 1.05. The van der Waals surface area contributed by atoms with Gasteiger partial charge >= 0.3 is 6.09 Å². The van der Waals surface area contributed by atoms with Crippen LogP contribution in [0.5, 0.6) is 0 Å². The lowest BCUT2D eigenvalue weighted by atomic mass is 10.2. The molecule has 112 valence electrons. The fourth-order valence-electron chi connectivity index (χ4n) is 2.53. The molecule has 0 radical (unpaired) electrons. The molecule has 1 unspecified atom stereocenters. The molecule has 3 rings (SSSR count). The number of carbonyl (C=O) groups is 1. The lowest BCUT2D eigenvalue weighted by molar-refractivity contribution is 0.115. The zero-order valence-corrected chi connectivity index (χ0v) is 12.9. The minimum atomic E-state index is -0.207. The maximum atomic E-state index is 11.6. The lowest BCUT2D eigenvalue weighted by Gasteiger charge is -2.15. The summed E-state index contributed by atoms with van der Waals surface area (Å²) in [4.78, 5) is 18.0. The molecule has 1 aliphatic heterocycles. The SMILES string of the molecule is CCOC(=O)N1CCC(NCc2nc3ccccc3s2)C1. The summed E-state index contributed by atoms with van der Waals surface area (Å²) < 4.78 is 6.24. The Morgan fingerprint density at radius 2 is 2.38 bits per heavy atom. The topological polar surface area (TPSA) is 54.5 Å². The summed E-state index contributed by atoms with van der Waals surface area (Å²) in [6, 6.07) is 8.49. The molecule has 1 fully saturated rings. The Hall–Kier alpha value is -1.66. The fraction of sp³-hybridized carbons (Fsp3) is 0.467. The molecule has 0 spiro atoms. The highest BCUT2D eigenvalue weighted by molar-refractivity contribution is 7.18. The van der Waals surface area contributed by atoms with E-state index in [0.29, 0.717) is 19.2 Å². The monoisotopic (exact) mass is 305 g/mol. The van der Waals surface area contributed by atoms with Crippen LogP contribution in [0.1, 0.15) is 18.4 Å². The molecule has 2 aromatic rings. The first-order valence-corrected chi connectivity index (χ1v) is 8.07. The second-order valence-corrected chi connectivity index (χ2v) is 6.20. The molecule has 1 atom stereocenters. The second-order valence-electron chi connectivity index (χ2n) is 5.09. The van der Waals surface area contributed by atoms with Gasteiger partial charge in [0.25, 0.3) is 0 Å². The Balaban J connectivity index is 1.53. The number of carbonyl (C=O) groups excluding carboxylic acids is 1. The van der Waals surface area contributed by atoms with E-state index < -0.39 is 0 Å². The van der Waals surface area contributed by atoms with E-state index in [1.165, 1.54) is 4.70 Å². The first-order chi connectivity index (χ1) is 10.3. The van der Waals surface area contributed by atoms with Crippen LogP contribution in [0, 0.1) is 0 Å². The number of rotatable bonds is 4. The molecule has 1 aliphatic rings. The van der Waals surface area contributed by atoms with Crippen molar-refractivity contribution in [2.45, 2.75) is 25.9 Å². The van der Waals surface area contributed by atoms with Gasteiger partial charge in [-0.25, -0.2) is 9.78 Å². The van der Waals surface area contributed by atoms with Crippen molar-refractivity contribution in [3.05, 3.63) is 29.3 Å². The van der Waals surface area contributed by atoms with Gasteiger partial charge < -0.3 is 15.0 Å². The third-order valence-corrected chi connectivity index (χ3v) is 4.63. The van der Waals surface area contributed by atoms with Crippen molar-refractivity contribution < 1.29 is 9.53 Å². The number of nitrogens with zero attached hydrogens (tertiary/aromatic N) is 2. The number of hydrogen-bond donors (Lipinski definition) is 1. The van der Waals surface area contributed by atoms with E-state index in [1.807, 2.05) is 25.1 Å². The van der Waals surface area contributed by atoms with E-state index >= 15 is 0 Å². The van der Waals surface area contributed by atoms with Crippen LogP contribution in [0.25, 0.3) is 10.2 Å². The number of ether oxygens (including phenoxy) is 1. The van der Waals surface area contributed by atoms with Gasteiger partial charge in [0.15, 0.2) is 0 Å². The molecule has 0 aliphatic carbocycles. The van der Waals surface area contributed by atoms with Crippen LogP contribution in [0.3, 0.4) is 0 Å². The highest BCUT2D eigenvalue weighted by Gasteiger charge is 2.26. The average molecular weight is 305 g/mol. The van der Waals surface area contributed by atoms with Gasteiger partial charge in [-0.3, -0.25) is 0 Å². The molecule has 21 heavy (non-hydrogen) atoms. The Bertz CT molecular complexity index is 595. The Morgan fingerprint density at radius 3 is 3.19 bits per heavy atom. The molecular weight excluding hydrogens is 286 g/mol. The van der Waals surface area contributed by atoms with Crippen molar-refractivity contribution in [2.24, 2.45) is 0 Å². The highest BCUT2D eigenvalue weighted by atomic mass is 32.1. The van der Waals surface area contributed by atoms with E-state index in [2.05, 4.69) is 16.4 Å². The summed E-state index contributed by atoms with van der Waals surface area (Å²) in [5.74, 6) is 0. The third kappa shape index (κ3) is 3.33. The first kappa shape index (κ1) is 14.3. The Labute approximate surface area is 127 Å². The standard InChI is InChI=1S/C15H19N3O2S/c1-2-20-15(19)18-8-7-11(10-18)16-9-14-17-12-5-3-4-6-13(12)21-14/h3-6,11,16H,2,7-10H2,1H3. The number of amides is 1. The molecule has 1 saturated heterocycles. The summed E-state index contributed by atoms with van der Waals surface area (Å²) in [6.45, 7) is 4.48. The van der Waals surface area contributed by atoms with Crippen molar-refractivity contribution in [1.29, 1.82) is 0 Å². The number of thiazole rings is 1. The second kappa shape index (κ2) is 6.41. The van der Waals surface area contributed by atoms with Crippen LogP contribution in [-0.4, -0.2) is 41.7 Å². The molecule has 1 aromatic carbocycles. The maximum Gasteiger partial charge on any atom is 0.409 e. The predicted octanol–water partition coefficient (Wildman–Crippen LogP) is 2.62. The van der Waals surface area contributed by atoms with Gasteiger partial charge in [0.1, 0.15) is 5.01 Å². The predicted molar refractivity (Wildman–Crippen MR) is 83.5 cm³/mol. The van der Waals surface area contributed by atoms with E-state index in [0.717, 1.165) is 30.0 Å². The molecular formula is C15H19N3O2S. The summed E-state index contributed by atoms with van der Waals surface area (Å²) in [6.07, 6.45) is 0.755. The number of nitrogens with one attached hydrogen (secondary N) is 1. The quantitative estimate of drug-likeness (QED) is 0.943. The van der Waals surface area contributed by atoms with Gasteiger partial charge in [0.05, 0.1) is 16.8 Å². The zero-order valence-electron chi connectivity index (χ0n) is 12.0. The molecule has 0 bridgehead atoms. The minimum Gasteiger partial charge on any atom is -0.450 e. The fourth-order valence-corrected chi connectivity index (χ4v) is 3.45. The number of likely N-dealkylation sites (tertiary alicyclic amines) is 1. The molecule has 1 amide bonds. The summed E-state index contributed by atoms with van der Waals surface area (Å²) in [5, 5.41) is 4.57. The smallest absolute Gasteiger partial charge is 0.409 e. The number of hydrogen-bond acceptors (Lipinski definition) is 5. The molecule has 6 heteroatoms. The van der Waals surface area contributed by atoms with Crippen molar-refractivity contribution in [3.63, 3.8) is 0 Å². The lowest BCUT2D eigenvalue weighted by Crippen LogP contribution is -2.35. The van der Waals surface area contributed by atoms with Crippen LogP contribution in [0.15, 0.2) is 24.3 Å².